The second kappa shape index (κ2) is 7.37. The van der Waals surface area contributed by atoms with E-state index in [1.807, 2.05) is 13.1 Å². The molecule has 2 aromatic rings. The maximum Gasteiger partial charge on any atom is 0.0577 e. The molecule has 0 fully saturated rings. The molecular weight excluding hydrogens is 256 g/mol. The first-order valence-electron chi connectivity index (χ1n) is 7.85. The molecule has 1 aromatic carbocycles. The first-order valence-corrected chi connectivity index (χ1v) is 7.85. The summed E-state index contributed by atoms with van der Waals surface area (Å²) < 4.78 is 0. The summed E-state index contributed by atoms with van der Waals surface area (Å²) in [6, 6.07) is 13.5. The van der Waals surface area contributed by atoms with Crippen LogP contribution >= 0.6 is 0 Å². The molecule has 1 N–H and O–H groups in total. The van der Waals surface area contributed by atoms with Crippen molar-refractivity contribution < 1.29 is 0 Å². The maximum atomic E-state index is 4.31. The standard InChI is InChI=1S/C19H26N2/c1-5-20-19(18-9-10-21-15(4)12-18)17-8-6-7-16(13-17)11-14(2)3/h6-10,12-14,19-20H,5,11H2,1-4H3. The van der Waals surface area contributed by atoms with Gasteiger partial charge < -0.3 is 5.32 Å². The molecule has 2 heteroatoms. The molecule has 1 atom stereocenters. The molecule has 2 rings (SSSR count). The van der Waals surface area contributed by atoms with Gasteiger partial charge in [-0.1, -0.05) is 45.0 Å². The third-order valence-corrected chi connectivity index (χ3v) is 3.59. The van der Waals surface area contributed by atoms with Crippen molar-refractivity contribution in [2.75, 3.05) is 6.54 Å². The van der Waals surface area contributed by atoms with Gasteiger partial charge >= 0.3 is 0 Å². The number of aryl methyl sites for hydroxylation is 1. The summed E-state index contributed by atoms with van der Waals surface area (Å²) in [6.45, 7) is 9.67. The second-order valence-corrected chi connectivity index (χ2v) is 6.06. The van der Waals surface area contributed by atoms with Crippen LogP contribution in [0.5, 0.6) is 0 Å². The van der Waals surface area contributed by atoms with Crippen molar-refractivity contribution in [3.8, 4) is 0 Å². The highest BCUT2D eigenvalue weighted by molar-refractivity contribution is 5.34. The van der Waals surface area contributed by atoms with E-state index in [-0.39, 0.29) is 6.04 Å². The molecule has 0 aliphatic carbocycles. The molecule has 0 saturated carbocycles. The zero-order valence-corrected chi connectivity index (χ0v) is 13.6. The molecule has 1 unspecified atom stereocenters. The largest absolute Gasteiger partial charge is 0.307 e. The summed E-state index contributed by atoms with van der Waals surface area (Å²) in [6.07, 6.45) is 3.02. The summed E-state index contributed by atoms with van der Waals surface area (Å²) in [5.41, 5.74) is 5.09. The van der Waals surface area contributed by atoms with Gasteiger partial charge in [-0.25, -0.2) is 0 Å². The van der Waals surface area contributed by atoms with Gasteiger partial charge in [0.2, 0.25) is 0 Å². The van der Waals surface area contributed by atoms with Crippen molar-refractivity contribution in [2.45, 2.75) is 40.2 Å². The lowest BCUT2D eigenvalue weighted by atomic mass is 9.94. The van der Waals surface area contributed by atoms with Crippen LogP contribution in [0.1, 0.15) is 49.2 Å². The summed E-state index contributed by atoms with van der Waals surface area (Å²) >= 11 is 0. The van der Waals surface area contributed by atoms with Crippen molar-refractivity contribution in [3.05, 3.63) is 65.0 Å². The highest BCUT2D eigenvalue weighted by Crippen LogP contribution is 2.24. The minimum Gasteiger partial charge on any atom is -0.307 e. The Balaban J connectivity index is 2.34. The zero-order chi connectivity index (χ0) is 15.2. The lowest BCUT2D eigenvalue weighted by Crippen LogP contribution is -2.22. The Morgan fingerprint density at radius 2 is 1.86 bits per heavy atom. The van der Waals surface area contributed by atoms with E-state index in [1.54, 1.807) is 0 Å². The number of hydrogen-bond acceptors (Lipinski definition) is 2. The topological polar surface area (TPSA) is 24.9 Å². The predicted octanol–water partition coefficient (Wildman–Crippen LogP) is 4.29. The van der Waals surface area contributed by atoms with Crippen LogP contribution in [-0.4, -0.2) is 11.5 Å². The van der Waals surface area contributed by atoms with Crippen molar-refractivity contribution in [1.82, 2.24) is 10.3 Å². The molecule has 2 nitrogen and oxygen atoms in total. The molecule has 1 aromatic heterocycles. The average molecular weight is 282 g/mol. The first-order chi connectivity index (χ1) is 10.1. The maximum absolute atomic E-state index is 4.31. The predicted molar refractivity (Wildman–Crippen MR) is 89.5 cm³/mol. The fraction of sp³-hybridized carbons (Fsp3) is 0.421. The molecule has 0 amide bonds. The number of aromatic nitrogens is 1. The summed E-state index contributed by atoms with van der Waals surface area (Å²) in [4.78, 5) is 4.31. The average Bonchev–Trinajstić information content (AvgIpc) is 2.44. The molecule has 0 spiro atoms. The highest BCUT2D eigenvalue weighted by atomic mass is 14.9. The van der Waals surface area contributed by atoms with Gasteiger partial charge in [0, 0.05) is 11.9 Å². The molecule has 1 heterocycles. The van der Waals surface area contributed by atoms with Crippen molar-refractivity contribution >= 4 is 0 Å². The fourth-order valence-electron chi connectivity index (χ4n) is 2.75. The molecule has 0 aliphatic rings. The summed E-state index contributed by atoms with van der Waals surface area (Å²) in [5.74, 6) is 0.681. The number of nitrogens with zero attached hydrogens (tertiary/aromatic N) is 1. The zero-order valence-electron chi connectivity index (χ0n) is 13.6. The van der Waals surface area contributed by atoms with Gasteiger partial charge in [0.05, 0.1) is 6.04 Å². The fourth-order valence-corrected chi connectivity index (χ4v) is 2.75. The van der Waals surface area contributed by atoms with Crippen LogP contribution < -0.4 is 5.32 Å². The van der Waals surface area contributed by atoms with E-state index in [0.29, 0.717) is 5.92 Å². The minimum atomic E-state index is 0.240. The van der Waals surface area contributed by atoms with Crippen LogP contribution in [0.3, 0.4) is 0 Å². The second-order valence-electron chi connectivity index (χ2n) is 6.06. The van der Waals surface area contributed by atoms with Crippen LogP contribution in [0.2, 0.25) is 0 Å². The Labute approximate surface area is 128 Å². The van der Waals surface area contributed by atoms with Crippen LogP contribution in [-0.2, 0) is 6.42 Å². The first kappa shape index (κ1) is 15.7. The lowest BCUT2D eigenvalue weighted by Gasteiger charge is -2.20. The Morgan fingerprint density at radius 1 is 1.10 bits per heavy atom. The number of benzene rings is 1. The van der Waals surface area contributed by atoms with E-state index in [0.717, 1.165) is 18.7 Å². The van der Waals surface area contributed by atoms with Crippen molar-refractivity contribution in [2.24, 2.45) is 5.92 Å². The Bertz CT molecular complexity index is 575. The molecule has 0 saturated heterocycles. The van der Waals surface area contributed by atoms with Gasteiger partial charge in [-0.3, -0.25) is 4.98 Å². The third-order valence-electron chi connectivity index (χ3n) is 3.59. The Morgan fingerprint density at radius 3 is 2.52 bits per heavy atom. The summed E-state index contributed by atoms with van der Waals surface area (Å²) in [5, 5.41) is 3.60. The SMILES string of the molecule is CCNC(c1cccc(CC(C)C)c1)c1ccnc(C)c1. The van der Waals surface area contributed by atoms with E-state index >= 15 is 0 Å². The van der Waals surface area contributed by atoms with E-state index in [2.05, 4.69) is 67.5 Å². The van der Waals surface area contributed by atoms with Crippen LogP contribution in [0.4, 0.5) is 0 Å². The van der Waals surface area contributed by atoms with E-state index < -0.39 is 0 Å². The van der Waals surface area contributed by atoms with E-state index in [1.165, 1.54) is 16.7 Å². The number of nitrogens with one attached hydrogen (secondary N) is 1. The normalized spacial score (nSPS) is 12.6. The van der Waals surface area contributed by atoms with Gasteiger partial charge in [-0.15, -0.1) is 0 Å². The molecule has 0 bridgehead atoms. The van der Waals surface area contributed by atoms with Crippen molar-refractivity contribution in [3.63, 3.8) is 0 Å². The monoisotopic (exact) mass is 282 g/mol. The van der Waals surface area contributed by atoms with E-state index in [4.69, 9.17) is 0 Å². The van der Waals surface area contributed by atoms with E-state index in [9.17, 15) is 0 Å². The third kappa shape index (κ3) is 4.40. The summed E-state index contributed by atoms with van der Waals surface area (Å²) in [7, 11) is 0. The van der Waals surface area contributed by atoms with Crippen LogP contribution in [0.15, 0.2) is 42.6 Å². The van der Waals surface area contributed by atoms with Gasteiger partial charge in [0.1, 0.15) is 0 Å². The number of rotatable bonds is 6. The van der Waals surface area contributed by atoms with Gasteiger partial charge in [-0.2, -0.15) is 0 Å². The molecular formula is C19H26N2. The van der Waals surface area contributed by atoms with Crippen LogP contribution in [0.25, 0.3) is 0 Å². The number of pyridine rings is 1. The highest BCUT2D eigenvalue weighted by Gasteiger charge is 2.13. The Hall–Kier alpha value is -1.67. The van der Waals surface area contributed by atoms with Gasteiger partial charge in [0.15, 0.2) is 0 Å². The molecule has 112 valence electrons. The lowest BCUT2D eigenvalue weighted by molar-refractivity contribution is 0.622. The van der Waals surface area contributed by atoms with Crippen molar-refractivity contribution in [1.29, 1.82) is 0 Å². The van der Waals surface area contributed by atoms with Gasteiger partial charge in [0.25, 0.3) is 0 Å². The number of hydrogen-bond donors (Lipinski definition) is 1. The van der Waals surface area contributed by atoms with Crippen LogP contribution in [0, 0.1) is 12.8 Å². The molecule has 0 radical (unpaired) electrons. The quantitative estimate of drug-likeness (QED) is 0.855. The molecule has 21 heavy (non-hydrogen) atoms. The Kier molecular flexibility index (Phi) is 5.51. The smallest absolute Gasteiger partial charge is 0.0577 e. The van der Waals surface area contributed by atoms with Gasteiger partial charge in [-0.05, 0) is 54.6 Å². The molecule has 0 aliphatic heterocycles. The minimum absolute atomic E-state index is 0.240.